The number of benzene rings is 1. The van der Waals surface area contributed by atoms with Gasteiger partial charge in [0, 0.05) is 31.7 Å². The molecule has 2 fully saturated rings. The SMILES string of the molecule is CCC1CN2CCCCC2CN1Cc1ccc(C)cc1. The zero-order valence-electron chi connectivity index (χ0n) is 13.0. The van der Waals surface area contributed by atoms with Gasteiger partial charge in [0.25, 0.3) is 0 Å². The summed E-state index contributed by atoms with van der Waals surface area (Å²) >= 11 is 0. The number of hydrogen-bond acceptors (Lipinski definition) is 2. The molecule has 20 heavy (non-hydrogen) atoms. The predicted octanol–water partition coefficient (Wildman–Crippen LogP) is 3.44. The molecule has 2 heterocycles. The summed E-state index contributed by atoms with van der Waals surface area (Å²) < 4.78 is 0. The van der Waals surface area contributed by atoms with Gasteiger partial charge in [0.05, 0.1) is 0 Å². The summed E-state index contributed by atoms with van der Waals surface area (Å²) in [6.07, 6.45) is 5.51. The van der Waals surface area contributed by atoms with E-state index in [1.807, 2.05) is 0 Å². The van der Waals surface area contributed by atoms with Crippen LogP contribution < -0.4 is 0 Å². The number of nitrogens with zero attached hydrogens (tertiary/aromatic N) is 2. The van der Waals surface area contributed by atoms with Crippen molar-refractivity contribution >= 4 is 0 Å². The Labute approximate surface area is 123 Å². The first kappa shape index (κ1) is 14.1. The highest BCUT2D eigenvalue weighted by Crippen LogP contribution is 2.26. The van der Waals surface area contributed by atoms with E-state index in [2.05, 4.69) is 47.9 Å². The van der Waals surface area contributed by atoms with E-state index < -0.39 is 0 Å². The van der Waals surface area contributed by atoms with Crippen molar-refractivity contribution in [3.8, 4) is 0 Å². The molecule has 2 nitrogen and oxygen atoms in total. The van der Waals surface area contributed by atoms with Crippen molar-refractivity contribution in [3.05, 3.63) is 35.4 Å². The molecule has 0 amide bonds. The molecule has 2 atom stereocenters. The van der Waals surface area contributed by atoms with Gasteiger partial charge in [0.15, 0.2) is 0 Å². The van der Waals surface area contributed by atoms with Crippen LogP contribution in [0.3, 0.4) is 0 Å². The van der Waals surface area contributed by atoms with E-state index in [-0.39, 0.29) is 0 Å². The van der Waals surface area contributed by atoms with Crippen molar-refractivity contribution < 1.29 is 0 Å². The molecule has 0 N–H and O–H groups in total. The minimum Gasteiger partial charge on any atom is -0.298 e. The maximum absolute atomic E-state index is 2.75. The fourth-order valence-corrected chi connectivity index (χ4v) is 3.82. The highest BCUT2D eigenvalue weighted by atomic mass is 15.3. The van der Waals surface area contributed by atoms with E-state index in [0.29, 0.717) is 0 Å². The van der Waals surface area contributed by atoms with Crippen LogP contribution in [-0.4, -0.2) is 41.5 Å². The smallest absolute Gasteiger partial charge is 0.0237 e. The van der Waals surface area contributed by atoms with Crippen LogP contribution in [0.15, 0.2) is 24.3 Å². The van der Waals surface area contributed by atoms with Crippen molar-refractivity contribution in [2.75, 3.05) is 19.6 Å². The molecule has 1 aromatic rings. The van der Waals surface area contributed by atoms with E-state index in [0.717, 1.165) is 18.6 Å². The molecule has 2 aliphatic heterocycles. The second-order valence-electron chi connectivity index (χ2n) is 6.62. The lowest BCUT2D eigenvalue weighted by Gasteiger charge is -2.48. The molecule has 110 valence electrons. The molecular weight excluding hydrogens is 244 g/mol. The van der Waals surface area contributed by atoms with Crippen LogP contribution in [0.5, 0.6) is 0 Å². The van der Waals surface area contributed by atoms with Crippen LogP contribution in [0.4, 0.5) is 0 Å². The van der Waals surface area contributed by atoms with Crippen molar-refractivity contribution in [2.45, 2.75) is 58.2 Å². The van der Waals surface area contributed by atoms with Gasteiger partial charge in [0.2, 0.25) is 0 Å². The van der Waals surface area contributed by atoms with Gasteiger partial charge in [-0.05, 0) is 38.3 Å². The zero-order valence-corrected chi connectivity index (χ0v) is 13.0. The number of hydrogen-bond donors (Lipinski definition) is 0. The molecular formula is C18H28N2. The summed E-state index contributed by atoms with van der Waals surface area (Å²) in [6, 6.07) is 10.6. The Balaban J connectivity index is 1.68. The van der Waals surface area contributed by atoms with Gasteiger partial charge < -0.3 is 0 Å². The van der Waals surface area contributed by atoms with Gasteiger partial charge in [-0.1, -0.05) is 43.2 Å². The highest BCUT2D eigenvalue weighted by molar-refractivity contribution is 5.21. The number of piperidine rings is 1. The van der Waals surface area contributed by atoms with Gasteiger partial charge in [0.1, 0.15) is 0 Å². The van der Waals surface area contributed by atoms with Crippen LogP contribution in [0.25, 0.3) is 0 Å². The number of rotatable bonds is 3. The van der Waals surface area contributed by atoms with Crippen molar-refractivity contribution in [2.24, 2.45) is 0 Å². The minimum absolute atomic E-state index is 0.741. The van der Waals surface area contributed by atoms with Crippen LogP contribution in [0.1, 0.15) is 43.7 Å². The standard InChI is InChI=1S/C18H28N2/c1-3-17-13-19-11-5-4-6-18(19)14-20(17)12-16-9-7-15(2)8-10-16/h7-10,17-18H,3-6,11-14H2,1-2H3. The molecule has 2 unspecified atom stereocenters. The number of fused-ring (bicyclic) bond motifs is 1. The van der Waals surface area contributed by atoms with E-state index >= 15 is 0 Å². The quantitative estimate of drug-likeness (QED) is 0.831. The Kier molecular flexibility index (Phi) is 4.42. The predicted molar refractivity (Wildman–Crippen MR) is 84.9 cm³/mol. The molecule has 2 heteroatoms. The monoisotopic (exact) mass is 272 g/mol. The average molecular weight is 272 g/mol. The Morgan fingerprint density at radius 2 is 1.90 bits per heavy atom. The third-order valence-electron chi connectivity index (χ3n) is 5.13. The second kappa shape index (κ2) is 6.28. The number of piperazine rings is 1. The third kappa shape index (κ3) is 3.07. The van der Waals surface area contributed by atoms with Crippen LogP contribution >= 0.6 is 0 Å². The maximum atomic E-state index is 2.75. The van der Waals surface area contributed by atoms with Gasteiger partial charge >= 0.3 is 0 Å². The molecule has 0 aliphatic carbocycles. The minimum atomic E-state index is 0.741. The summed E-state index contributed by atoms with van der Waals surface area (Å²) in [5.41, 5.74) is 2.83. The lowest BCUT2D eigenvalue weighted by molar-refractivity contribution is 0.00327. The molecule has 0 radical (unpaired) electrons. The molecule has 2 saturated heterocycles. The molecule has 0 spiro atoms. The van der Waals surface area contributed by atoms with Gasteiger partial charge in [-0.25, -0.2) is 0 Å². The third-order valence-corrected chi connectivity index (χ3v) is 5.13. The molecule has 0 aromatic heterocycles. The zero-order chi connectivity index (χ0) is 13.9. The molecule has 1 aromatic carbocycles. The summed E-state index contributed by atoms with van der Waals surface area (Å²) in [6.45, 7) is 9.53. The van der Waals surface area contributed by atoms with Gasteiger partial charge in [-0.15, -0.1) is 0 Å². The summed E-state index contributed by atoms with van der Waals surface area (Å²) in [5.74, 6) is 0. The summed E-state index contributed by atoms with van der Waals surface area (Å²) in [7, 11) is 0. The van der Waals surface area contributed by atoms with Crippen LogP contribution in [-0.2, 0) is 6.54 Å². The van der Waals surface area contributed by atoms with Crippen molar-refractivity contribution in [3.63, 3.8) is 0 Å². The molecule has 0 bridgehead atoms. The van der Waals surface area contributed by atoms with E-state index in [4.69, 9.17) is 0 Å². The topological polar surface area (TPSA) is 6.48 Å². The van der Waals surface area contributed by atoms with E-state index in [9.17, 15) is 0 Å². The first-order chi connectivity index (χ1) is 9.76. The largest absolute Gasteiger partial charge is 0.298 e. The lowest BCUT2D eigenvalue weighted by atomic mass is 9.95. The van der Waals surface area contributed by atoms with Crippen molar-refractivity contribution in [1.29, 1.82) is 0 Å². The summed E-state index contributed by atoms with van der Waals surface area (Å²) in [4.78, 5) is 5.49. The van der Waals surface area contributed by atoms with Crippen LogP contribution in [0.2, 0.25) is 0 Å². The number of aryl methyl sites for hydroxylation is 1. The Bertz CT molecular complexity index is 426. The first-order valence-corrected chi connectivity index (χ1v) is 8.30. The van der Waals surface area contributed by atoms with Gasteiger partial charge in [-0.3, -0.25) is 9.80 Å². The van der Waals surface area contributed by atoms with Crippen LogP contribution in [0, 0.1) is 6.92 Å². The molecule has 0 saturated carbocycles. The van der Waals surface area contributed by atoms with Gasteiger partial charge in [-0.2, -0.15) is 0 Å². The first-order valence-electron chi connectivity index (χ1n) is 8.30. The Morgan fingerprint density at radius 1 is 1.10 bits per heavy atom. The van der Waals surface area contributed by atoms with Crippen molar-refractivity contribution in [1.82, 2.24) is 9.80 Å². The average Bonchev–Trinajstić information content (AvgIpc) is 2.49. The van der Waals surface area contributed by atoms with E-state index in [1.54, 1.807) is 0 Å². The van der Waals surface area contributed by atoms with E-state index in [1.165, 1.54) is 56.4 Å². The normalized spacial score (nSPS) is 28.3. The lowest BCUT2D eigenvalue weighted by Crippen LogP contribution is -2.58. The molecule has 3 rings (SSSR count). The Hall–Kier alpha value is -0.860. The fraction of sp³-hybridized carbons (Fsp3) is 0.667. The fourth-order valence-electron chi connectivity index (χ4n) is 3.82. The highest BCUT2D eigenvalue weighted by Gasteiger charge is 2.33. The molecule has 2 aliphatic rings. The Morgan fingerprint density at radius 3 is 2.65 bits per heavy atom. The maximum Gasteiger partial charge on any atom is 0.0237 e. The second-order valence-corrected chi connectivity index (χ2v) is 6.62. The summed E-state index contributed by atoms with van der Waals surface area (Å²) in [5, 5.41) is 0.